The first kappa shape index (κ1) is 144. The fourth-order valence-electron chi connectivity index (χ4n) is 14.9. The molecule has 14 rings (SSSR count). The highest BCUT2D eigenvalue weighted by Gasteiger charge is 2.62. The fraction of sp³-hybridized carbons (Fsp3) is 0.509. The molecule has 34 atom stereocenters. The van der Waals surface area contributed by atoms with Gasteiger partial charge in [-0.1, -0.05) is 36.2 Å². The third-order valence-corrected chi connectivity index (χ3v) is 452. The number of aromatic nitrogens is 10. The summed E-state index contributed by atoms with van der Waals surface area (Å²) < 4.78 is 57.5. The molecule has 0 saturated carbocycles. The molecule has 86 heteroatoms. The maximum Gasteiger partial charge on any atom is 0.417 e. The van der Waals surface area contributed by atoms with E-state index in [0.717, 1.165) is 186 Å². The van der Waals surface area contributed by atoms with E-state index in [2.05, 4.69) is 389 Å². The Morgan fingerprint density at radius 3 is 1.09 bits per heavy atom. The van der Waals surface area contributed by atoms with Crippen molar-refractivity contribution in [3.05, 3.63) is 101 Å². The number of nitrogens with zero attached hydrogens (tertiary/aromatic N) is 15. The van der Waals surface area contributed by atoms with Gasteiger partial charge in [0.05, 0.1) is 79.7 Å². The number of piperidine rings is 2. The fourth-order valence-corrected chi connectivity index (χ4v) is 915. The number of nitrogens with one attached hydrogen (secondary N) is 1. The highest BCUT2D eigenvalue weighted by Crippen LogP contribution is 3.49. The van der Waals surface area contributed by atoms with Gasteiger partial charge in [-0.3, -0.25) is 0 Å². The SMILES string of the molecule is COCCO.Cc1cccc2ncnc(N3CCCCC3c3cc4nc(N5CCC5)cc(N5CCOCC5)n4n3)c12.FC(F)(F)c1cccc2ncnc(Cl)c12.PP(P)P(P(P)P)P(P(P(P)P)P(P)P)P(P(P(P(P)P)P(P)P)P(P(P)P)P(P)P)P(P(P(P(P)P)P(P)P)P(P(P)P)P(P)P)P(P(P(P)P)P(P)P)P(P(P)P)P(P)P.c1c(N2CCC2)nc2cc(C3CCCCN3)nn2c1N1CCOCC1. The number of fused-ring (bicyclic) bond motifs is 4. The number of hydrogen-bond donors (Lipinski definition) is 2. The predicted molar refractivity (Wildman–Crippen MR) is 825 cm³/mol. The number of aryl methyl sites for hydroxylation is 1. The summed E-state index contributed by atoms with van der Waals surface area (Å²) in [6, 6.07) is 19.3. The zero-order valence-corrected chi connectivity index (χ0v) is 142. The van der Waals surface area contributed by atoms with E-state index in [9.17, 15) is 13.2 Å². The lowest BCUT2D eigenvalue weighted by Crippen LogP contribution is -2.40. The van der Waals surface area contributed by atoms with Gasteiger partial charge in [0.15, 0.2) is 11.3 Å². The standard InChI is InChI=1S/C27H32N8O.C18H26N6O.C9H4ClF3N2.C3H8O2.H64P62/c1-19-6-4-7-20-26(19)27(29-18-28-20)34-11-3-2-8-22(34)21-16-24-30-23(32-9-5-10-32)17-25(35(24)31-21)33-12-14-36-15-13-33;1-2-5-19-14(4-1)15-12-17-20-16(22-6-3-7-22)13-18(24(17)21-15)23-8-10-25-11-9-23;10-8-7-5(9(11,12)13)2-1-3-6(7)14-4-15-8;1-5-3-2-4;1-33(2)49(34(3)4)57(50(35(5)6)36(7)8)61(58(51(37(9)10)38(11)12)52(39(13)14)40(15)16)62(59(53(41(17)18)42(19)20)54(43(21)22)44(23)24)60(55(45(25)26)46(27)28)56(47(29)30)48(31)32/h4,6-7,16-18,22H,2-3,5,8-15H2,1H3;12-14,19H,1-11H2;1-4H;4H,2-3H2,1H3;1-32H2. The summed E-state index contributed by atoms with van der Waals surface area (Å²) in [7, 11) is 116. The molecule has 20 nitrogen and oxygen atoms in total. The molecule has 34 unspecified atom stereocenters. The highest BCUT2D eigenvalue weighted by atomic mass is 35.5. The molecular formula is C57H134ClF3N16O4P62. The van der Waals surface area contributed by atoms with Gasteiger partial charge in [-0.2, -0.15) is 32.4 Å². The lowest BCUT2D eigenvalue weighted by molar-refractivity contribution is -0.136. The van der Waals surface area contributed by atoms with Gasteiger partial charge in [-0.05, 0) is 292 Å². The third kappa shape index (κ3) is 41.7. The number of rotatable bonds is 38. The summed E-state index contributed by atoms with van der Waals surface area (Å²) in [5.74, 6) is 5.42. The lowest BCUT2D eigenvalue weighted by atomic mass is 9.98. The average Bonchev–Trinajstić information content (AvgIpc) is 1.43. The summed E-state index contributed by atoms with van der Waals surface area (Å²) in [6.45, 7) is 8.36. The Morgan fingerprint density at radius 1 is 0.406 bits per heavy atom. The van der Waals surface area contributed by atoms with Crippen molar-refractivity contribution in [3.63, 3.8) is 0 Å². The molecule has 0 aliphatic carbocycles. The molecule has 0 bridgehead atoms. The van der Waals surface area contributed by atoms with Crippen LogP contribution in [-0.4, -0.2) is 166 Å². The van der Waals surface area contributed by atoms with Gasteiger partial charge in [0.2, 0.25) is 0 Å². The van der Waals surface area contributed by atoms with Gasteiger partial charge >= 0.3 is 6.18 Å². The number of aliphatic hydroxyl groups is 1. The Hall–Kier alpha value is 19.9. The van der Waals surface area contributed by atoms with Crippen LogP contribution >= 0.6 is 507 Å². The number of hydrogen-bond acceptors (Lipinski definition) is 18. The zero-order valence-electron chi connectivity index (χ0n) is 77.8. The summed E-state index contributed by atoms with van der Waals surface area (Å²) in [5.41, 5.74) is 5.65. The molecule has 6 aliphatic rings. The topological polar surface area (TPSA) is 188 Å². The number of ether oxygens (including phenoxy) is 3. The van der Waals surface area contributed by atoms with Crippen LogP contribution in [0.3, 0.4) is 0 Å². The van der Waals surface area contributed by atoms with Crippen molar-refractivity contribution in [2.45, 2.75) is 76.6 Å². The second-order valence-corrected chi connectivity index (χ2v) is 287. The molecule has 804 valence electrons. The zero-order chi connectivity index (χ0) is 105. The van der Waals surface area contributed by atoms with Crippen LogP contribution in [0.2, 0.25) is 5.15 Å². The summed E-state index contributed by atoms with van der Waals surface area (Å²) in [4.78, 5) is 38.5. The molecule has 8 aromatic rings. The number of morpholine rings is 2. The first-order valence-electron chi connectivity index (χ1n) is 42.4. The van der Waals surface area contributed by atoms with E-state index in [0.29, 0.717) is 12.6 Å². The number of benzene rings is 2. The van der Waals surface area contributed by atoms with E-state index in [1.54, 1.807) is 13.4 Å². The molecule has 0 amide bonds. The van der Waals surface area contributed by atoms with Crippen LogP contribution in [0.25, 0.3) is 33.1 Å². The monoisotopic (exact) mass is 3120 g/mol. The van der Waals surface area contributed by atoms with Crippen molar-refractivity contribution in [1.29, 1.82) is 0 Å². The molecule has 6 saturated heterocycles. The highest BCUT2D eigenvalue weighted by molar-refractivity contribution is 9.55. The van der Waals surface area contributed by atoms with Gasteiger partial charge < -0.3 is 49.1 Å². The van der Waals surface area contributed by atoms with Crippen molar-refractivity contribution in [2.75, 3.05) is 137 Å². The van der Waals surface area contributed by atoms with Crippen LogP contribution in [-0.2, 0) is 20.4 Å². The van der Waals surface area contributed by atoms with Crippen molar-refractivity contribution in [3.8, 4) is 0 Å². The molecule has 6 aliphatic heterocycles. The Bertz CT molecular complexity index is 4880. The summed E-state index contributed by atoms with van der Waals surface area (Å²) in [5, 5.41) is 22.5. The minimum atomic E-state index is -4.45. The first-order chi connectivity index (χ1) is 67.7. The quantitative estimate of drug-likeness (QED) is 0.0274. The average molecular weight is 3120 g/mol. The number of halogens is 4. The molecule has 143 heavy (non-hydrogen) atoms. The van der Waals surface area contributed by atoms with Crippen molar-refractivity contribution in [1.82, 2.24) is 54.4 Å². The molecule has 0 spiro atoms. The molecule has 2 N–H and O–H groups in total. The molecule has 6 aromatic heterocycles. The second-order valence-electron chi connectivity index (χ2n) is 30.8. The molecule has 6 fully saturated rings. The smallest absolute Gasteiger partial charge is 0.394 e. The van der Waals surface area contributed by atoms with Gasteiger partial charge in [0.1, 0.15) is 46.9 Å². The third-order valence-electron chi connectivity index (χ3n) is 21.1. The van der Waals surface area contributed by atoms with Crippen molar-refractivity contribution in [2.24, 2.45) is 0 Å². The summed E-state index contributed by atoms with van der Waals surface area (Å²) >= 11 is 5.62. The number of aliphatic hydroxyl groups excluding tert-OH is 1. The minimum absolute atomic E-state index is 0.122. The van der Waals surface area contributed by atoms with Crippen LogP contribution in [0.5, 0.6) is 0 Å². The maximum absolute atomic E-state index is 12.6. The first-order valence-corrected chi connectivity index (χ1v) is 155. The van der Waals surface area contributed by atoms with Crippen LogP contribution in [0.1, 0.15) is 86.0 Å². The van der Waals surface area contributed by atoms with Crippen LogP contribution < -0.4 is 29.8 Å². The maximum atomic E-state index is 12.6. The largest absolute Gasteiger partial charge is 0.417 e. The van der Waals surface area contributed by atoms with E-state index in [1.165, 1.54) is 49.8 Å². The second kappa shape index (κ2) is 73.4. The van der Waals surface area contributed by atoms with E-state index in [4.69, 9.17) is 51.3 Å². The van der Waals surface area contributed by atoms with E-state index in [-0.39, 0.29) is 238 Å². The van der Waals surface area contributed by atoms with Crippen LogP contribution in [0.15, 0.2) is 73.3 Å². The predicted octanol–water partition coefficient (Wildman–Crippen LogP) is 44.5. The minimum Gasteiger partial charge on any atom is -0.394 e. The summed E-state index contributed by atoms with van der Waals surface area (Å²) in [6.07, 6.45) is 7.95. The van der Waals surface area contributed by atoms with E-state index >= 15 is 0 Å². The molecule has 2 aromatic carbocycles. The van der Waals surface area contributed by atoms with Crippen LogP contribution in [0.4, 0.5) is 42.3 Å². The van der Waals surface area contributed by atoms with Gasteiger partial charge in [0, 0.05) is 101 Å². The van der Waals surface area contributed by atoms with Crippen molar-refractivity contribution >= 4 is 569 Å². The lowest BCUT2D eigenvalue weighted by Gasteiger charge is -2.60. The van der Waals surface area contributed by atoms with Gasteiger partial charge in [0.25, 0.3) is 0 Å². The number of anilines is 5. The van der Waals surface area contributed by atoms with E-state index < -0.39 is 11.7 Å². The van der Waals surface area contributed by atoms with E-state index in [1.807, 2.05) is 4.52 Å². The molecular weight excluding hydrogens is 2990 g/mol. The Kier molecular flexibility index (Phi) is 74.2. The Morgan fingerprint density at radius 2 is 0.755 bits per heavy atom. The normalized spacial score (nSPS) is 17.4. The number of methoxy groups -OCH3 is 1. The number of alkyl halides is 3. The van der Waals surface area contributed by atoms with Crippen molar-refractivity contribution < 1.29 is 32.5 Å². The Balaban J connectivity index is 0.000000214. The molecule has 12 heterocycles. The molecule has 0 radical (unpaired) electrons. The van der Waals surface area contributed by atoms with Gasteiger partial charge in [-0.15, -0.1) is 286 Å². The van der Waals surface area contributed by atoms with Crippen LogP contribution in [0, 0.1) is 6.92 Å². The Labute approximate surface area is 959 Å². The van der Waals surface area contributed by atoms with Gasteiger partial charge in [-0.25, -0.2) is 29.9 Å².